The number of hydrogen-bond donors (Lipinski definition) is 2. The number of aromatic nitrogens is 3. The van der Waals surface area contributed by atoms with Crippen molar-refractivity contribution in [3.8, 4) is 11.3 Å². The van der Waals surface area contributed by atoms with Gasteiger partial charge in [-0.1, -0.05) is 23.7 Å². The Balaban J connectivity index is 1.63. The number of aromatic amines is 1. The number of carbonyl (C=O) groups excluding carboxylic acids is 3. The highest BCUT2D eigenvalue weighted by atomic mass is 35.5. The smallest absolute Gasteiger partial charge is 0.410 e. The number of H-pyrrole nitrogens is 1. The Morgan fingerprint density at radius 3 is 2.56 bits per heavy atom. The molecule has 0 aliphatic carbocycles. The number of ether oxygens (including phenoxy) is 2. The number of nitrogens with zero attached hydrogens (tertiary/aromatic N) is 3. The summed E-state index contributed by atoms with van der Waals surface area (Å²) in [6.07, 6.45) is 3.50. The molecule has 1 aliphatic heterocycles. The van der Waals surface area contributed by atoms with E-state index in [4.69, 9.17) is 26.1 Å². The molecule has 11 heteroatoms. The molecule has 4 rings (SSSR count). The standard InChI is InChI=1S/C28H32ClN5O5/c1-5-38-26(36)23-22(17-9-11-18(12-10-17)25(35)31-21-16-19(29)13-14-30-21)32-24(33-23)20-8-6-7-15-34(20)27(37)39-28(2,3)4/h9-14,16,20H,5-8,15H2,1-4H3,(H,32,33)(H,30,31,35). The number of benzene rings is 1. The molecule has 2 N–H and O–H groups in total. The second-order valence-electron chi connectivity index (χ2n) is 10.1. The van der Waals surface area contributed by atoms with Gasteiger partial charge < -0.3 is 19.8 Å². The van der Waals surface area contributed by atoms with E-state index < -0.39 is 17.7 Å². The number of carbonyl (C=O) groups is 3. The number of halogens is 1. The third-order valence-electron chi connectivity index (χ3n) is 6.03. The summed E-state index contributed by atoms with van der Waals surface area (Å²) in [7, 11) is 0. The molecular weight excluding hydrogens is 522 g/mol. The quantitative estimate of drug-likeness (QED) is 0.357. The Kier molecular flexibility index (Phi) is 8.54. The maximum Gasteiger partial charge on any atom is 0.410 e. The van der Waals surface area contributed by atoms with Crippen LogP contribution in [0.5, 0.6) is 0 Å². The number of amides is 2. The molecule has 10 nitrogen and oxygen atoms in total. The monoisotopic (exact) mass is 553 g/mol. The first-order valence-corrected chi connectivity index (χ1v) is 13.2. The topological polar surface area (TPSA) is 127 Å². The number of pyridine rings is 1. The summed E-state index contributed by atoms with van der Waals surface area (Å²) >= 11 is 5.97. The predicted molar refractivity (Wildman–Crippen MR) is 147 cm³/mol. The molecule has 1 saturated heterocycles. The lowest BCUT2D eigenvalue weighted by Gasteiger charge is -2.35. The zero-order valence-corrected chi connectivity index (χ0v) is 23.2. The van der Waals surface area contributed by atoms with Crippen LogP contribution in [-0.2, 0) is 9.47 Å². The number of hydrogen-bond acceptors (Lipinski definition) is 7. The van der Waals surface area contributed by atoms with Crippen molar-refractivity contribution in [3.63, 3.8) is 0 Å². The summed E-state index contributed by atoms with van der Waals surface area (Å²) in [6.45, 7) is 7.91. The number of anilines is 1. The molecule has 1 atom stereocenters. The molecule has 1 aromatic carbocycles. The van der Waals surface area contributed by atoms with Crippen molar-refractivity contribution < 1.29 is 23.9 Å². The Morgan fingerprint density at radius 1 is 1.15 bits per heavy atom. The molecule has 39 heavy (non-hydrogen) atoms. The Labute approximate surface area is 232 Å². The van der Waals surface area contributed by atoms with E-state index in [1.54, 1.807) is 48.2 Å². The second kappa shape index (κ2) is 11.9. The van der Waals surface area contributed by atoms with Crippen LogP contribution in [0.1, 0.15) is 79.7 Å². The molecule has 0 radical (unpaired) electrons. The van der Waals surface area contributed by atoms with Crippen LogP contribution in [0.2, 0.25) is 5.02 Å². The van der Waals surface area contributed by atoms with Gasteiger partial charge in [0.1, 0.15) is 22.9 Å². The van der Waals surface area contributed by atoms with Crippen LogP contribution in [0.25, 0.3) is 11.3 Å². The minimum absolute atomic E-state index is 0.182. The van der Waals surface area contributed by atoms with Crippen molar-refractivity contribution in [2.75, 3.05) is 18.5 Å². The van der Waals surface area contributed by atoms with E-state index in [-0.39, 0.29) is 24.2 Å². The summed E-state index contributed by atoms with van der Waals surface area (Å²) in [5.74, 6) is -0.104. The number of imidazole rings is 1. The van der Waals surface area contributed by atoms with E-state index in [2.05, 4.69) is 15.3 Å². The van der Waals surface area contributed by atoms with Gasteiger partial charge in [0.25, 0.3) is 5.91 Å². The van der Waals surface area contributed by atoms with Gasteiger partial charge in [0.2, 0.25) is 0 Å². The van der Waals surface area contributed by atoms with Gasteiger partial charge in [0, 0.05) is 28.9 Å². The van der Waals surface area contributed by atoms with Crippen molar-refractivity contribution in [1.29, 1.82) is 0 Å². The van der Waals surface area contributed by atoms with E-state index in [0.29, 0.717) is 46.5 Å². The first-order chi connectivity index (χ1) is 18.6. The molecule has 0 saturated carbocycles. The van der Waals surface area contributed by atoms with Gasteiger partial charge in [0.15, 0.2) is 5.69 Å². The van der Waals surface area contributed by atoms with E-state index in [1.807, 2.05) is 20.8 Å². The van der Waals surface area contributed by atoms with Crippen molar-refractivity contribution in [2.45, 2.75) is 58.6 Å². The number of esters is 1. The maximum atomic E-state index is 13.0. The van der Waals surface area contributed by atoms with Crippen LogP contribution < -0.4 is 5.32 Å². The molecule has 3 aromatic rings. The van der Waals surface area contributed by atoms with Crippen molar-refractivity contribution in [1.82, 2.24) is 19.9 Å². The summed E-state index contributed by atoms with van der Waals surface area (Å²) in [5, 5.41) is 3.16. The van der Waals surface area contributed by atoms with Crippen LogP contribution in [0, 0.1) is 0 Å². The highest BCUT2D eigenvalue weighted by Crippen LogP contribution is 2.33. The van der Waals surface area contributed by atoms with E-state index in [1.165, 1.54) is 6.20 Å². The zero-order chi connectivity index (χ0) is 28.2. The molecule has 1 fully saturated rings. The molecule has 2 amide bonds. The van der Waals surface area contributed by atoms with Crippen LogP contribution >= 0.6 is 11.6 Å². The van der Waals surface area contributed by atoms with E-state index in [9.17, 15) is 14.4 Å². The highest BCUT2D eigenvalue weighted by molar-refractivity contribution is 6.30. The fourth-order valence-electron chi connectivity index (χ4n) is 4.31. The second-order valence-corrected chi connectivity index (χ2v) is 10.6. The molecular formula is C28H32ClN5O5. The Hall–Kier alpha value is -3.92. The normalized spacial score (nSPS) is 15.5. The average Bonchev–Trinajstić information content (AvgIpc) is 3.33. The lowest BCUT2D eigenvalue weighted by molar-refractivity contribution is 0.00853. The van der Waals surface area contributed by atoms with Crippen LogP contribution in [0.3, 0.4) is 0 Å². The van der Waals surface area contributed by atoms with Gasteiger partial charge in [-0.15, -0.1) is 0 Å². The molecule has 2 aromatic heterocycles. The number of likely N-dealkylation sites (tertiary alicyclic amines) is 1. The van der Waals surface area contributed by atoms with Crippen molar-refractivity contribution in [3.05, 3.63) is 64.7 Å². The number of rotatable bonds is 6. The Morgan fingerprint density at radius 2 is 1.90 bits per heavy atom. The molecule has 0 spiro atoms. The summed E-state index contributed by atoms with van der Waals surface area (Å²) in [5.41, 5.74) is 0.916. The van der Waals surface area contributed by atoms with Gasteiger partial charge in [-0.3, -0.25) is 9.69 Å². The number of piperidine rings is 1. The van der Waals surface area contributed by atoms with Gasteiger partial charge in [-0.2, -0.15) is 0 Å². The largest absolute Gasteiger partial charge is 0.461 e. The molecule has 0 bridgehead atoms. The van der Waals surface area contributed by atoms with Crippen LogP contribution in [-0.4, -0.2) is 56.6 Å². The van der Waals surface area contributed by atoms with Crippen LogP contribution in [0.4, 0.5) is 10.6 Å². The van der Waals surface area contributed by atoms with Gasteiger partial charge in [-0.05, 0) is 71.2 Å². The lowest BCUT2D eigenvalue weighted by Crippen LogP contribution is -2.42. The fourth-order valence-corrected chi connectivity index (χ4v) is 4.46. The van der Waals surface area contributed by atoms with Crippen LogP contribution in [0.15, 0.2) is 42.6 Å². The van der Waals surface area contributed by atoms with Gasteiger partial charge in [0.05, 0.1) is 12.6 Å². The molecule has 206 valence electrons. The molecule has 1 aliphatic rings. The molecule has 3 heterocycles. The van der Waals surface area contributed by atoms with Crippen molar-refractivity contribution >= 4 is 35.4 Å². The summed E-state index contributed by atoms with van der Waals surface area (Å²) < 4.78 is 10.9. The average molecular weight is 554 g/mol. The summed E-state index contributed by atoms with van der Waals surface area (Å²) in [6, 6.07) is 9.45. The first kappa shape index (κ1) is 28.1. The number of nitrogens with one attached hydrogen (secondary N) is 2. The maximum absolute atomic E-state index is 13.0. The van der Waals surface area contributed by atoms with Gasteiger partial charge in [-0.25, -0.2) is 19.6 Å². The highest BCUT2D eigenvalue weighted by Gasteiger charge is 2.34. The van der Waals surface area contributed by atoms with Gasteiger partial charge >= 0.3 is 12.1 Å². The zero-order valence-electron chi connectivity index (χ0n) is 22.4. The van der Waals surface area contributed by atoms with Crippen molar-refractivity contribution in [2.24, 2.45) is 0 Å². The SMILES string of the molecule is CCOC(=O)c1[nH]c(C2CCCCN2C(=O)OC(C)(C)C)nc1-c1ccc(C(=O)Nc2cc(Cl)ccn2)cc1. The third kappa shape index (κ3) is 6.94. The van der Waals surface area contributed by atoms with E-state index >= 15 is 0 Å². The minimum Gasteiger partial charge on any atom is -0.461 e. The minimum atomic E-state index is -0.639. The third-order valence-corrected chi connectivity index (χ3v) is 6.27. The fraction of sp³-hybridized carbons (Fsp3) is 0.393. The van der Waals surface area contributed by atoms with E-state index in [0.717, 1.165) is 12.8 Å². The first-order valence-electron chi connectivity index (χ1n) is 12.9. The predicted octanol–water partition coefficient (Wildman–Crippen LogP) is 6.02. The molecule has 1 unspecified atom stereocenters. The summed E-state index contributed by atoms with van der Waals surface area (Å²) in [4.78, 5) is 52.2. The Bertz CT molecular complexity index is 1350. The lowest BCUT2D eigenvalue weighted by atomic mass is 10.0.